The maximum Gasteiger partial charge on any atom is 0.0834 e. The number of rotatable bonds is 5. The lowest BCUT2D eigenvalue weighted by Crippen LogP contribution is -2.04. The fraction of sp³-hybridized carbons (Fsp3) is 1.00. The van der Waals surface area contributed by atoms with Crippen molar-refractivity contribution in [2.24, 2.45) is 5.73 Å². The van der Waals surface area contributed by atoms with E-state index < -0.39 is 0 Å². The van der Waals surface area contributed by atoms with Gasteiger partial charge in [0.05, 0.1) is 13.2 Å². The van der Waals surface area contributed by atoms with Crippen LogP contribution < -0.4 is 5.73 Å². The molecule has 0 bridgehead atoms. The summed E-state index contributed by atoms with van der Waals surface area (Å²) in [6, 6.07) is 0. The molecule has 3 nitrogen and oxygen atoms in total. The van der Waals surface area contributed by atoms with Crippen LogP contribution in [0.2, 0.25) is 0 Å². The number of hydrogen-bond donors (Lipinski definition) is 1. The maximum absolute atomic E-state index is 5.18. The Morgan fingerprint density at radius 1 is 1.38 bits per heavy atom. The molecule has 0 aliphatic heterocycles. The number of hydrogen-bond acceptors (Lipinski definition) is 3. The average Bonchev–Trinajstić information content (AvgIpc) is 1.81. The van der Waals surface area contributed by atoms with E-state index in [2.05, 4.69) is 9.78 Å². The van der Waals surface area contributed by atoms with E-state index in [1.807, 2.05) is 6.92 Å². The van der Waals surface area contributed by atoms with Crippen LogP contribution in [0, 0.1) is 0 Å². The van der Waals surface area contributed by atoms with Gasteiger partial charge in [0.1, 0.15) is 0 Å². The molecule has 3 heteroatoms. The van der Waals surface area contributed by atoms with E-state index in [9.17, 15) is 0 Å². The molecule has 0 spiro atoms. The molecule has 0 amide bonds. The zero-order valence-corrected chi connectivity index (χ0v) is 5.22. The van der Waals surface area contributed by atoms with E-state index in [0.717, 1.165) is 6.42 Å². The molecule has 8 heavy (non-hydrogen) atoms. The van der Waals surface area contributed by atoms with Crippen LogP contribution in [-0.2, 0) is 9.78 Å². The van der Waals surface area contributed by atoms with Crippen LogP contribution in [0.4, 0.5) is 0 Å². The minimum absolute atomic E-state index is 0.602. The number of nitrogens with two attached hydrogens (primary N) is 1. The molecule has 0 rings (SSSR count). The fourth-order valence-corrected chi connectivity index (χ4v) is 0.285. The van der Waals surface area contributed by atoms with E-state index in [1.54, 1.807) is 0 Å². The molecule has 0 aromatic carbocycles. The van der Waals surface area contributed by atoms with Crippen LogP contribution in [0.15, 0.2) is 0 Å². The summed E-state index contributed by atoms with van der Waals surface area (Å²) in [6.07, 6.45) is 0.861. The van der Waals surface area contributed by atoms with Gasteiger partial charge in [-0.1, -0.05) is 0 Å². The van der Waals surface area contributed by atoms with Crippen molar-refractivity contribution >= 4 is 0 Å². The highest BCUT2D eigenvalue weighted by Gasteiger charge is 1.82. The predicted molar refractivity (Wildman–Crippen MR) is 31.2 cm³/mol. The normalized spacial score (nSPS) is 9.75. The maximum atomic E-state index is 5.18. The van der Waals surface area contributed by atoms with Crippen LogP contribution in [0.3, 0.4) is 0 Å². The summed E-state index contributed by atoms with van der Waals surface area (Å²) in [5, 5.41) is 0. The second-order valence-electron chi connectivity index (χ2n) is 1.37. The average molecular weight is 119 g/mol. The molecule has 0 unspecified atom stereocenters. The minimum atomic E-state index is 0.602. The third-order valence-electron chi connectivity index (χ3n) is 0.633. The third-order valence-corrected chi connectivity index (χ3v) is 0.633. The van der Waals surface area contributed by atoms with Gasteiger partial charge >= 0.3 is 0 Å². The lowest BCUT2D eigenvalue weighted by molar-refractivity contribution is -0.291. The third kappa shape index (κ3) is 5.88. The molecule has 0 radical (unpaired) electrons. The zero-order valence-electron chi connectivity index (χ0n) is 5.22. The molecule has 2 N–H and O–H groups in total. The van der Waals surface area contributed by atoms with Crippen LogP contribution in [0.1, 0.15) is 13.3 Å². The summed E-state index contributed by atoms with van der Waals surface area (Å²) >= 11 is 0. The van der Waals surface area contributed by atoms with E-state index >= 15 is 0 Å². The monoisotopic (exact) mass is 119 g/mol. The topological polar surface area (TPSA) is 44.5 Å². The summed E-state index contributed by atoms with van der Waals surface area (Å²) in [4.78, 5) is 9.22. The minimum Gasteiger partial charge on any atom is -0.330 e. The van der Waals surface area contributed by atoms with Gasteiger partial charge in [-0.25, -0.2) is 9.78 Å². The Labute approximate surface area is 49.7 Å². The van der Waals surface area contributed by atoms with Gasteiger partial charge in [-0.3, -0.25) is 0 Å². The molecule has 0 saturated heterocycles. The summed E-state index contributed by atoms with van der Waals surface area (Å²) in [5.74, 6) is 0. The van der Waals surface area contributed by atoms with Gasteiger partial charge in [0.25, 0.3) is 0 Å². The highest BCUT2D eigenvalue weighted by Crippen LogP contribution is 1.79. The van der Waals surface area contributed by atoms with Crippen molar-refractivity contribution in [3.8, 4) is 0 Å². The van der Waals surface area contributed by atoms with Crippen molar-refractivity contribution in [3.63, 3.8) is 0 Å². The molecule has 0 aromatic rings. The van der Waals surface area contributed by atoms with Gasteiger partial charge in [0.2, 0.25) is 0 Å². The van der Waals surface area contributed by atoms with Crippen molar-refractivity contribution in [2.45, 2.75) is 13.3 Å². The van der Waals surface area contributed by atoms with E-state index in [4.69, 9.17) is 5.73 Å². The molecule has 0 aromatic heterocycles. The highest BCUT2D eigenvalue weighted by molar-refractivity contribution is 4.30. The van der Waals surface area contributed by atoms with Gasteiger partial charge in [-0.2, -0.15) is 0 Å². The second-order valence-corrected chi connectivity index (χ2v) is 1.37. The molecule has 0 aliphatic rings. The van der Waals surface area contributed by atoms with Crippen LogP contribution in [0.5, 0.6) is 0 Å². The van der Waals surface area contributed by atoms with Gasteiger partial charge < -0.3 is 5.73 Å². The van der Waals surface area contributed by atoms with Crippen molar-refractivity contribution in [2.75, 3.05) is 19.8 Å². The summed E-state index contributed by atoms with van der Waals surface area (Å²) < 4.78 is 0. The molecule has 0 saturated carbocycles. The Morgan fingerprint density at radius 3 is 2.62 bits per heavy atom. The predicted octanol–water partition coefficient (Wildman–Crippen LogP) is 0.303. The SMILES string of the molecule is CCOOCCCN. The van der Waals surface area contributed by atoms with Gasteiger partial charge in [-0.05, 0) is 19.9 Å². The summed E-state index contributed by atoms with van der Waals surface area (Å²) in [7, 11) is 0. The molecule has 0 atom stereocenters. The molecular formula is C5H13NO2. The fourth-order valence-electron chi connectivity index (χ4n) is 0.285. The van der Waals surface area contributed by atoms with Crippen LogP contribution >= 0.6 is 0 Å². The molecule has 50 valence electrons. The second kappa shape index (κ2) is 6.88. The van der Waals surface area contributed by atoms with Crippen molar-refractivity contribution in [1.82, 2.24) is 0 Å². The first-order chi connectivity index (χ1) is 3.91. The van der Waals surface area contributed by atoms with Crippen molar-refractivity contribution < 1.29 is 9.78 Å². The molecule has 0 aliphatic carbocycles. The summed E-state index contributed by atoms with van der Waals surface area (Å²) in [6.45, 7) is 3.74. The lowest BCUT2D eigenvalue weighted by Gasteiger charge is -1.97. The van der Waals surface area contributed by atoms with Gasteiger partial charge in [0, 0.05) is 0 Å². The first-order valence-corrected chi connectivity index (χ1v) is 2.86. The van der Waals surface area contributed by atoms with Gasteiger partial charge in [0.15, 0.2) is 0 Å². The molecule has 0 heterocycles. The van der Waals surface area contributed by atoms with Crippen molar-refractivity contribution in [3.05, 3.63) is 0 Å². The van der Waals surface area contributed by atoms with E-state index in [0.29, 0.717) is 19.8 Å². The quantitative estimate of drug-likeness (QED) is 0.321. The largest absolute Gasteiger partial charge is 0.330 e. The Balaban J connectivity index is 2.53. The van der Waals surface area contributed by atoms with Crippen molar-refractivity contribution in [1.29, 1.82) is 0 Å². The molecular weight excluding hydrogens is 106 g/mol. The zero-order chi connectivity index (χ0) is 6.24. The smallest absolute Gasteiger partial charge is 0.0834 e. The standard InChI is InChI=1S/C5H13NO2/c1-2-7-8-5-3-4-6/h2-6H2,1H3. The van der Waals surface area contributed by atoms with Gasteiger partial charge in [-0.15, -0.1) is 0 Å². The first kappa shape index (κ1) is 7.88. The van der Waals surface area contributed by atoms with E-state index in [1.165, 1.54) is 0 Å². The van der Waals surface area contributed by atoms with Crippen LogP contribution in [0.25, 0.3) is 0 Å². The Kier molecular flexibility index (Phi) is 6.78. The first-order valence-electron chi connectivity index (χ1n) is 2.86. The van der Waals surface area contributed by atoms with E-state index in [-0.39, 0.29) is 0 Å². The Hall–Kier alpha value is -0.120. The Bertz CT molecular complexity index is 35.4. The lowest BCUT2D eigenvalue weighted by atomic mass is 10.5. The molecule has 0 fully saturated rings. The highest BCUT2D eigenvalue weighted by atomic mass is 17.2. The summed E-state index contributed by atoms with van der Waals surface area (Å²) in [5.41, 5.74) is 5.18. The van der Waals surface area contributed by atoms with Crippen LogP contribution in [-0.4, -0.2) is 19.8 Å². The Morgan fingerprint density at radius 2 is 2.12 bits per heavy atom.